The van der Waals surface area contributed by atoms with Gasteiger partial charge < -0.3 is 10.1 Å². The van der Waals surface area contributed by atoms with Gasteiger partial charge >= 0.3 is 0 Å². The van der Waals surface area contributed by atoms with E-state index < -0.39 is 0 Å². The first-order valence-corrected chi connectivity index (χ1v) is 6.65. The summed E-state index contributed by atoms with van der Waals surface area (Å²) in [5.74, 6) is 0.618. The van der Waals surface area contributed by atoms with Crippen LogP contribution in [0.25, 0.3) is 0 Å². The van der Waals surface area contributed by atoms with Crippen LogP contribution in [0, 0.1) is 6.92 Å². The molecule has 20 heavy (non-hydrogen) atoms. The average Bonchev–Trinajstić information content (AvgIpc) is 2.45. The summed E-state index contributed by atoms with van der Waals surface area (Å²) >= 11 is 6.07. The lowest BCUT2D eigenvalue weighted by Crippen LogP contribution is -2.23. The molecule has 104 valence electrons. The fourth-order valence-corrected chi connectivity index (χ4v) is 2.15. The van der Waals surface area contributed by atoms with E-state index in [1.165, 1.54) is 0 Å². The number of halogens is 1. The van der Waals surface area contributed by atoms with Crippen molar-refractivity contribution in [1.82, 2.24) is 5.32 Å². The first-order valence-electron chi connectivity index (χ1n) is 6.27. The van der Waals surface area contributed by atoms with Gasteiger partial charge in [0.2, 0.25) is 0 Å². The van der Waals surface area contributed by atoms with Gasteiger partial charge in [-0.1, -0.05) is 29.8 Å². The molecule has 0 bridgehead atoms. The van der Waals surface area contributed by atoms with E-state index in [1.54, 1.807) is 19.2 Å². The Labute approximate surface area is 123 Å². The molecule has 0 atom stereocenters. The molecule has 1 amide bonds. The molecule has 0 unspecified atom stereocenters. The summed E-state index contributed by atoms with van der Waals surface area (Å²) in [4.78, 5) is 12.1. The highest BCUT2D eigenvalue weighted by Crippen LogP contribution is 2.17. The van der Waals surface area contributed by atoms with Crippen LogP contribution < -0.4 is 10.1 Å². The molecule has 0 aromatic heterocycles. The molecular weight excluding hydrogens is 274 g/mol. The molecule has 1 N–H and O–H groups in total. The fraction of sp³-hybridized carbons (Fsp3) is 0.188. The number of nitrogens with one attached hydrogen (secondary N) is 1. The Bertz CT molecular complexity index is 608. The highest BCUT2D eigenvalue weighted by atomic mass is 35.5. The van der Waals surface area contributed by atoms with Crippen molar-refractivity contribution in [3.8, 4) is 5.75 Å². The van der Waals surface area contributed by atoms with Crippen molar-refractivity contribution in [1.29, 1.82) is 0 Å². The highest BCUT2D eigenvalue weighted by molar-refractivity contribution is 6.33. The molecule has 0 saturated heterocycles. The zero-order chi connectivity index (χ0) is 14.5. The summed E-state index contributed by atoms with van der Waals surface area (Å²) < 4.78 is 5.09. The number of carbonyl (C=O) groups is 1. The summed E-state index contributed by atoms with van der Waals surface area (Å²) in [6.07, 6.45) is 0. The number of rotatable bonds is 4. The monoisotopic (exact) mass is 289 g/mol. The number of hydrogen-bond donors (Lipinski definition) is 1. The minimum absolute atomic E-state index is 0.175. The maximum atomic E-state index is 12.1. The van der Waals surface area contributed by atoms with Gasteiger partial charge in [-0.3, -0.25) is 4.79 Å². The normalized spacial score (nSPS) is 10.2. The Hall–Kier alpha value is -2.00. The molecule has 0 fully saturated rings. The molecular formula is C16H16ClNO2. The zero-order valence-electron chi connectivity index (χ0n) is 11.4. The van der Waals surface area contributed by atoms with E-state index in [2.05, 4.69) is 5.32 Å². The average molecular weight is 290 g/mol. The first kappa shape index (κ1) is 14.4. The van der Waals surface area contributed by atoms with Gasteiger partial charge in [0.05, 0.1) is 17.7 Å². The van der Waals surface area contributed by atoms with Gasteiger partial charge in [-0.05, 0) is 42.3 Å². The lowest BCUT2D eigenvalue weighted by molar-refractivity contribution is 0.0951. The number of ether oxygens (including phenoxy) is 1. The molecule has 2 aromatic carbocycles. The van der Waals surface area contributed by atoms with Gasteiger partial charge in [0.15, 0.2) is 0 Å². The molecule has 3 nitrogen and oxygen atoms in total. The van der Waals surface area contributed by atoms with E-state index in [9.17, 15) is 4.79 Å². The van der Waals surface area contributed by atoms with Gasteiger partial charge in [-0.15, -0.1) is 0 Å². The molecule has 0 radical (unpaired) electrons. The van der Waals surface area contributed by atoms with E-state index in [0.717, 1.165) is 16.9 Å². The van der Waals surface area contributed by atoms with Crippen LogP contribution in [0.1, 0.15) is 21.5 Å². The van der Waals surface area contributed by atoms with Crippen molar-refractivity contribution in [3.63, 3.8) is 0 Å². The van der Waals surface area contributed by atoms with Gasteiger partial charge in [-0.2, -0.15) is 0 Å². The van der Waals surface area contributed by atoms with Crippen LogP contribution in [0.5, 0.6) is 5.75 Å². The predicted molar refractivity (Wildman–Crippen MR) is 80.4 cm³/mol. The van der Waals surface area contributed by atoms with Crippen molar-refractivity contribution in [2.45, 2.75) is 13.5 Å². The third-order valence-electron chi connectivity index (χ3n) is 2.98. The van der Waals surface area contributed by atoms with E-state index in [4.69, 9.17) is 16.3 Å². The van der Waals surface area contributed by atoms with Gasteiger partial charge in [0.1, 0.15) is 5.75 Å². The molecule has 0 aliphatic heterocycles. The molecule has 2 rings (SSSR count). The summed E-state index contributed by atoms with van der Waals surface area (Å²) in [7, 11) is 1.62. The Kier molecular flexibility index (Phi) is 4.64. The Balaban J connectivity index is 2.00. The van der Waals surface area contributed by atoms with Crippen molar-refractivity contribution in [2.24, 2.45) is 0 Å². The maximum absolute atomic E-state index is 12.1. The zero-order valence-corrected chi connectivity index (χ0v) is 12.2. The van der Waals surface area contributed by atoms with Crippen molar-refractivity contribution in [2.75, 3.05) is 7.11 Å². The minimum Gasteiger partial charge on any atom is -0.497 e. The summed E-state index contributed by atoms with van der Waals surface area (Å²) in [6.45, 7) is 2.39. The SMILES string of the molecule is COc1ccc(CNC(=O)c2ccc(C)cc2Cl)cc1. The summed E-state index contributed by atoms with van der Waals surface area (Å²) in [6, 6.07) is 12.9. The van der Waals surface area contributed by atoms with Crippen molar-refractivity contribution >= 4 is 17.5 Å². The topological polar surface area (TPSA) is 38.3 Å². The highest BCUT2D eigenvalue weighted by Gasteiger charge is 2.09. The standard InChI is InChI=1S/C16H16ClNO2/c1-11-3-8-14(15(17)9-11)16(19)18-10-12-4-6-13(20-2)7-5-12/h3-9H,10H2,1-2H3,(H,18,19). The smallest absolute Gasteiger partial charge is 0.253 e. The van der Waals surface area contributed by atoms with Crippen LogP contribution in [0.3, 0.4) is 0 Å². The quantitative estimate of drug-likeness (QED) is 0.934. The largest absolute Gasteiger partial charge is 0.497 e. The number of amides is 1. The molecule has 0 spiro atoms. The van der Waals surface area contributed by atoms with Gasteiger partial charge in [-0.25, -0.2) is 0 Å². The maximum Gasteiger partial charge on any atom is 0.253 e. The van der Waals surface area contributed by atoms with Crippen LogP contribution >= 0.6 is 11.6 Å². The summed E-state index contributed by atoms with van der Waals surface area (Å²) in [5, 5.41) is 3.32. The second kappa shape index (κ2) is 6.44. The Morgan fingerprint density at radius 3 is 2.50 bits per heavy atom. The van der Waals surface area contributed by atoms with Crippen LogP contribution in [0.2, 0.25) is 5.02 Å². The van der Waals surface area contributed by atoms with Crippen LogP contribution in [-0.2, 0) is 6.54 Å². The van der Waals surface area contributed by atoms with E-state index in [0.29, 0.717) is 17.1 Å². The molecule has 2 aromatic rings. The second-order valence-electron chi connectivity index (χ2n) is 4.51. The van der Waals surface area contributed by atoms with E-state index >= 15 is 0 Å². The second-order valence-corrected chi connectivity index (χ2v) is 4.92. The lowest BCUT2D eigenvalue weighted by Gasteiger charge is -2.08. The van der Waals surface area contributed by atoms with Gasteiger partial charge in [0, 0.05) is 6.54 Å². The van der Waals surface area contributed by atoms with Gasteiger partial charge in [0.25, 0.3) is 5.91 Å². The number of benzene rings is 2. The molecule has 0 saturated carbocycles. The third kappa shape index (κ3) is 3.52. The minimum atomic E-state index is -0.175. The molecule has 0 aliphatic rings. The summed E-state index contributed by atoms with van der Waals surface area (Å²) in [5.41, 5.74) is 2.52. The van der Waals surface area contributed by atoms with Crippen LogP contribution in [-0.4, -0.2) is 13.0 Å². The van der Waals surface area contributed by atoms with Crippen molar-refractivity contribution < 1.29 is 9.53 Å². The Morgan fingerprint density at radius 1 is 1.20 bits per heavy atom. The number of carbonyl (C=O) groups excluding carboxylic acids is 1. The van der Waals surface area contributed by atoms with Crippen LogP contribution in [0.4, 0.5) is 0 Å². The molecule has 0 heterocycles. The fourth-order valence-electron chi connectivity index (χ4n) is 1.83. The third-order valence-corrected chi connectivity index (χ3v) is 3.29. The Morgan fingerprint density at radius 2 is 1.90 bits per heavy atom. The van der Waals surface area contributed by atoms with E-state index in [1.807, 2.05) is 37.3 Å². The first-order chi connectivity index (χ1) is 9.60. The van der Waals surface area contributed by atoms with Crippen LogP contribution in [0.15, 0.2) is 42.5 Å². The predicted octanol–water partition coefficient (Wildman–Crippen LogP) is 3.59. The molecule has 4 heteroatoms. The lowest BCUT2D eigenvalue weighted by atomic mass is 10.1. The number of aryl methyl sites for hydroxylation is 1. The van der Waals surface area contributed by atoms with Crippen molar-refractivity contribution in [3.05, 3.63) is 64.2 Å². The molecule has 0 aliphatic carbocycles. The number of hydrogen-bond acceptors (Lipinski definition) is 2. The number of methoxy groups -OCH3 is 1. The van der Waals surface area contributed by atoms with E-state index in [-0.39, 0.29) is 5.91 Å².